The van der Waals surface area contributed by atoms with Crippen LogP contribution in [0.25, 0.3) is 0 Å². The van der Waals surface area contributed by atoms with Gasteiger partial charge >= 0.3 is 0 Å². The Labute approximate surface area is 110 Å². The summed E-state index contributed by atoms with van der Waals surface area (Å²) >= 11 is 5.76. The molecule has 0 saturated heterocycles. The van der Waals surface area contributed by atoms with Crippen LogP contribution in [0.15, 0.2) is 0 Å². The maximum Gasteiger partial charge on any atom is 0.225 e. The van der Waals surface area contributed by atoms with E-state index in [0.717, 1.165) is 30.5 Å². The quantitative estimate of drug-likeness (QED) is 0.750. The van der Waals surface area contributed by atoms with E-state index in [2.05, 4.69) is 9.97 Å². The Morgan fingerprint density at radius 1 is 1.12 bits per heavy atom. The molecule has 1 aromatic rings. The van der Waals surface area contributed by atoms with Gasteiger partial charge in [-0.25, -0.2) is 4.98 Å². The predicted octanol–water partition coefficient (Wildman–Crippen LogP) is 4.07. The van der Waals surface area contributed by atoms with Crippen LogP contribution < -0.4 is 4.74 Å². The lowest BCUT2D eigenvalue weighted by Gasteiger charge is -2.06. The van der Waals surface area contributed by atoms with E-state index in [-0.39, 0.29) is 0 Å². The summed E-state index contributed by atoms with van der Waals surface area (Å²) in [6.07, 6.45) is 3.14. The van der Waals surface area contributed by atoms with E-state index in [4.69, 9.17) is 16.3 Å². The SMILES string of the molecule is CC.CC.CCOc1nc(Cl)nc2c1CCC2. The molecule has 0 N–H and O–H groups in total. The third-order valence-electron chi connectivity index (χ3n) is 2.15. The van der Waals surface area contributed by atoms with Crippen molar-refractivity contribution in [3.05, 3.63) is 16.5 Å². The molecule has 0 spiro atoms. The zero-order valence-electron chi connectivity index (χ0n) is 11.5. The highest BCUT2D eigenvalue weighted by Gasteiger charge is 2.19. The van der Waals surface area contributed by atoms with Crippen LogP contribution in [0.3, 0.4) is 0 Å². The van der Waals surface area contributed by atoms with Crippen LogP contribution in [-0.4, -0.2) is 16.6 Å². The van der Waals surface area contributed by atoms with Crippen LogP contribution in [0.2, 0.25) is 5.28 Å². The van der Waals surface area contributed by atoms with Crippen molar-refractivity contribution in [3.8, 4) is 5.88 Å². The number of hydrogen-bond donors (Lipinski definition) is 0. The van der Waals surface area contributed by atoms with Crippen molar-refractivity contribution in [2.45, 2.75) is 53.9 Å². The molecule has 0 aliphatic heterocycles. The van der Waals surface area contributed by atoms with Gasteiger partial charge in [-0.2, -0.15) is 4.98 Å². The number of halogens is 1. The first-order valence-corrected chi connectivity index (χ1v) is 6.87. The molecule has 1 aliphatic carbocycles. The second-order valence-corrected chi connectivity index (χ2v) is 3.35. The molecule has 4 heteroatoms. The van der Waals surface area contributed by atoms with Crippen molar-refractivity contribution in [3.63, 3.8) is 0 Å². The Morgan fingerprint density at radius 3 is 2.35 bits per heavy atom. The van der Waals surface area contributed by atoms with Crippen LogP contribution in [0.4, 0.5) is 0 Å². The van der Waals surface area contributed by atoms with Gasteiger partial charge in [0.25, 0.3) is 0 Å². The normalized spacial score (nSPS) is 11.6. The lowest BCUT2D eigenvalue weighted by atomic mass is 10.2. The van der Waals surface area contributed by atoms with Crippen LogP contribution in [0.5, 0.6) is 5.88 Å². The average Bonchev–Trinajstić information content (AvgIpc) is 2.82. The number of hydrogen-bond acceptors (Lipinski definition) is 3. The zero-order valence-corrected chi connectivity index (χ0v) is 12.3. The lowest BCUT2D eigenvalue weighted by Crippen LogP contribution is -2.01. The fourth-order valence-electron chi connectivity index (χ4n) is 1.63. The summed E-state index contributed by atoms with van der Waals surface area (Å²) in [7, 11) is 0. The van der Waals surface area contributed by atoms with E-state index >= 15 is 0 Å². The van der Waals surface area contributed by atoms with E-state index in [1.807, 2.05) is 34.6 Å². The second-order valence-electron chi connectivity index (χ2n) is 3.01. The second kappa shape index (κ2) is 9.23. The molecule has 0 atom stereocenters. The topological polar surface area (TPSA) is 35.0 Å². The Bertz CT molecular complexity index is 329. The molecule has 1 heterocycles. The first-order valence-electron chi connectivity index (χ1n) is 6.49. The van der Waals surface area contributed by atoms with Gasteiger partial charge in [0.05, 0.1) is 12.3 Å². The molecule has 0 unspecified atom stereocenters. The molecule has 0 fully saturated rings. The van der Waals surface area contributed by atoms with Gasteiger partial charge in [0, 0.05) is 5.56 Å². The predicted molar refractivity (Wildman–Crippen MR) is 72.9 cm³/mol. The van der Waals surface area contributed by atoms with Crippen molar-refractivity contribution in [1.82, 2.24) is 9.97 Å². The van der Waals surface area contributed by atoms with Crippen molar-refractivity contribution in [2.24, 2.45) is 0 Å². The van der Waals surface area contributed by atoms with Crippen molar-refractivity contribution < 1.29 is 4.74 Å². The molecule has 2 rings (SSSR count). The Hall–Kier alpha value is -0.830. The maximum absolute atomic E-state index is 5.76. The van der Waals surface area contributed by atoms with Crippen molar-refractivity contribution in [1.29, 1.82) is 0 Å². The van der Waals surface area contributed by atoms with Crippen molar-refractivity contribution >= 4 is 11.6 Å². The zero-order chi connectivity index (χ0) is 13.3. The monoisotopic (exact) mass is 258 g/mol. The number of rotatable bonds is 2. The summed E-state index contributed by atoms with van der Waals surface area (Å²) in [6, 6.07) is 0. The number of ether oxygens (including phenoxy) is 1. The van der Waals surface area contributed by atoms with Crippen LogP contribution >= 0.6 is 11.6 Å². The first-order chi connectivity index (χ1) is 8.31. The summed E-state index contributed by atoms with van der Waals surface area (Å²) in [5.41, 5.74) is 2.20. The van der Waals surface area contributed by atoms with E-state index in [0.29, 0.717) is 17.8 Å². The minimum atomic E-state index is 0.295. The van der Waals surface area contributed by atoms with Gasteiger partial charge in [0.1, 0.15) is 0 Å². The summed E-state index contributed by atoms with van der Waals surface area (Å²) < 4.78 is 5.39. The standard InChI is InChI=1S/C9H11ClN2O.2C2H6/c1-2-13-8-6-4-3-5-7(6)11-9(10)12-8;2*1-2/h2-5H2,1H3;2*1-2H3. The fourth-order valence-corrected chi connectivity index (χ4v) is 1.80. The Morgan fingerprint density at radius 2 is 1.76 bits per heavy atom. The fraction of sp³-hybridized carbons (Fsp3) is 0.692. The van der Waals surface area contributed by atoms with Crippen molar-refractivity contribution in [2.75, 3.05) is 6.61 Å². The molecule has 1 aromatic heterocycles. The van der Waals surface area contributed by atoms with Gasteiger partial charge < -0.3 is 4.74 Å². The average molecular weight is 259 g/mol. The largest absolute Gasteiger partial charge is 0.478 e. The third kappa shape index (κ3) is 4.50. The Balaban J connectivity index is 0.000000581. The van der Waals surface area contributed by atoms with Crippen LogP contribution in [0.1, 0.15) is 52.3 Å². The van der Waals surface area contributed by atoms with Gasteiger partial charge in [-0.05, 0) is 37.8 Å². The highest BCUT2D eigenvalue weighted by Crippen LogP contribution is 2.28. The van der Waals surface area contributed by atoms with E-state index in [1.165, 1.54) is 0 Å². The number of aromatic nitrogens is 2. The van der Waals surface area contributed by atoms with E-state index < -0.39 is 0 Å². The maximum atomic E-state index is 5.76. The highest BCUT2D eigenvalue weighted by atomic mass is 35.5. The molecule has 0 radical (unpaired) electrons. The van der Waals surface area contributed by atoms with Gasteiger partial charge in [-0.15, -0.1) is 0 Å². The van der Waals surface area contributed by atoms with Crippen LogP contribution in [-0.2, 0) is 12.8 Å². The smallest absolute Gasteiger partial charge is 0.225 e. The molecule has 98 valence electrons. The molecular weight excluding hydrogens is 236 g/mol. The van der Waals surface area contributed by atoms with Crippen LogP contribution in [0, 0.1) is 0 Å². The molecule has 1 aliphatic rings. The molecule has 17 heavy (non-hydrogen) atoms. The molecule has 0 bridgehead atoms. The molecule has 0 saturated carbocycles. The number of nitrogens with zero attached hydrogens (tertiary/aromatic N) is 2. The molecule has 0 aromatic carbocycles. The van der Waals surface area contributed by atoms with Gasteiger partial charge in [-0.3, -0.25) is 0 Å². The minimum Gasteiger partial charge on any atom is -0.478 e. The molecule has 0 amide bonds. The first kappa shape index (κ1) is 16.2. The summed E-state index contributed by atoms with van der Waals surface area (Å²) in [4.78, 5) is 8.24. The summed E-state index contributed by atoms with van der Waals surface area (Å²) in [5, 5.41) is 0.295. The Kier molecular flexibility index (Phi) is 8.78. The summed E-state index contributed by atoms with van der Waals surface area (Å²) in [5.74, 6) is 0.676. The molecular formula is C13H23ClN2O. The number of fused-ring (bicyclic) bond motifs is 1. The van der Waals surface area contributed by atoms with Gasteiger partial charge in [0.15, 0.2) is 0 Å². The third-order valence-corrected chi connectivity index (χ3v) is 2.32. The van der Waals surface area contributed by atoms with Gasteiger partial charge in [-0.1, -0.05) is 27.7 Å². The number of aryl methyl sites for hydroxylation is 1. The molecule has 3 nitrogen and oxygen atoms in total. The highest BCUT2D eigenvalue weighted by molar-refractivity contribution is 6.28. The van der Waals surface area contributed by atoms with Gasteiger partial charge in [0.2, 0.25) is 11.2 Å². The minimum absolute atomic E-state index is 0.295. The van der Waals surface area contributed by atoms with E-state index in [9.17, 15) is 0 Å². The summed E-state index contributed by atoms with van der Waals surface area (Å²) in [6.45, 7) is 10.6. The lowest BCUT2D eigenvalue weighted by molar-refractivity contribution is 0.322. The van der Waals surface area contributed by atoms with E-state index in [1.54, 1.807) is 0 Å².